The molecular weight excluding hydrogens is 296 g/mol. The summed E-state index contributed by atoms with van der Waals surface area (Å²) in [7, 11) is 1.95. The van der Waals surface area contributed by atoms with Gasteiger partial charge in [0.15, 0.2) is 22.7 Å². The Hall–Kier alpha value is -2.27. The van der Waals surface area contributed by atoms with Crippen molar-refractivity contribution in [3.63, 3.8) is 0 Å². The minimum absolute atomic E-state index is 0.0459. The van der Waals surface area contributed by atoms with Gasteiger partial charge < -0.3 is 19.7 Å². The summed E-state index contributed by atoms with van der Waals surface area (Å²) in [4.78, 5) is 1.96. The van der Waals surface area contributed by atoms with Crippen molar-refractivity contribution in [3.05, 3.63) is 54.6 Å². The van der Waals surface area contributed by atoms with Crippen molar-refractivity contribution in [2.45, 2.75) is 6.10 Å². The van der Waals surface area contributed by atoms with Crippen LogP contribution in [0.15, 0.2) is 54.6 Å². The number of fused-ring (bicyclic) bond motifs is 1. The second-order valence-corrected chi connectivity index (χ2v) is 5.56. The van der Waals surface area contributed by atoms with E-state index in [1.54, 1.807) is 0 Å². The van der Waals surface area contributed by atoms with Crippen LogP contribution in [-0.4, -0.2) is 36.3 Å². The lowest BCUT2D eigenvalue weighted by molar-refractivity contribution is 0.0784. The van der Waals surface area contributed by atoms with Gasteiger partial charge in [-0.15, -0.1) is 0 Å². The first-order chi connectivity index (χ1) is 10.7. The molecule has 0 aromatic heterocycles. The molecule has 0 fully saturated rings. The first kappa shape index (κ1) is 14.7. The third-order valence-corrected chi connectivity index (χ3v) is 3.83. The van der Waals surface area contributed by atoms with E-state index in [0.29, 0.717) is 18.3 Å². The molecule has 1 aliphatic heterocycles. The van der Waals surface area contributed by atoms with Gasteiger partial charge in [-0.1, -0.05) is 30.3 Å². The molecule has 2 aromatic rings. The summed E-state index contributed by atoms with van der Waals surface area (Å²) in [6.45, 7) is 1.18. The zero-order valence-electron chi connectivity index (χ0n) is 12.4. The second-order valence-electron chi connectivity index (χ2n) is 5.17. The summed E-state index contributed by atoms with van der Waals surface area (Å²) in [5.41, 5.74) is 0.977. The van der Waals surface area contributed by atoms with Gasteiger partial charge in [-0.2, -0.15) is 0 Å². The quantitative estimate of drug-likeness (QED) is 0.880. The van der Waals surface area contributed by atoms with Crippen molar-refractivity contribution >= 4 is 23.0 Å². The predicted octanol–water partition coefficient (Wildman–Crippen LogP) is 3.16. The third kappa shape index (κ3) is 3.49. The third-order valence-electron chi connectivity index (χ3n) is 3.42. The Kier molecular flexibility index (Phi) is 4.44. The van der Waals surface area contributed by atoms with E-state index >= 15 is 0 Å². The van der Waals surface area contributed by atoms with Crippen molar-refractivity contribution in [2.75, 3.05) is 25.5 Å². The monoisotopic (exact) mass is 314 g/mol. The van der Waals surface area contributed by atoms with Gasteiger partial charge in [0.2, 0.25) is 0 Å². The second kappa shape index (κ2) is 6.66. The lowest BCUT2D eigenvalue weighted by Gasteiger charge is -2.30. The molecule has 5 heteroatoms. The molecular formula is C17H18N2O2S. The zero-order valence-corrected chi connectivity index (χ0v) is 13.2. The number of hydrogen-bond donors (Lipinski definition) is 1. The van der Waals surface area contributed by atoms with Crippen molar-refractivity contribution < 1.29 is 9.47 Å². The number of likely N-dealkylation sites (N-methyl/N-ethyl adjacent to an activating group) is 1. The molecule has 22 heavy (non-hydrogen) atoms. The Morgan fingerprint density at radius 3 is 2.59 bits per heavy atom. The highest BCUT2D eigenvalue weighted by atomic mass is 32.1. The van der Waals surface area contributed by atoms with Crippen molar-refractivity contribution in [1.29, 1.82) is 0 Å². The van der Waals surface area contributed by atoms with Gasteiger partial charge in [-0.05, 0) is 36.5 Å². The average molecular weight is 314 g/mol. The van der Waals surface area contributed by atoms with Crippen LogP contribution < -0.4 is 14.8 Å². The summed E-state index contributed by atoms with van der Waals surface area (Å²) in [5, 5.41) is 3.87. The summed E-state index contributed by atoms with van der Waals surface area (Å²) < 4.78 is 11.7. The molecule has 0 saturated carbocycles. The predicted molar refractivity (Wildman–Crippen MR) is 91.6 cm³/mol. The van der Waals surface area contributed by atoms with Gasteiger partial charge >= 0.3 is 0 Å². The van der Waals surface area contributed by atoms with Crippen LogP contribution >= 0.6 is 12.2 Å². The normalized spacial score (nSPS) is 16.0. The molecule has 2 aromatic carbocycles. The molecule has 0 radical (unpaired) electrons. The van der Waals surface area contributed by atoms with E-state index in [2.05, 4.69) is 5.32 Å². The first-order valence-electron chi connectivity index (χ1n) is 7.18. The van der Waals surface area contributed by atoms with Crippen LogP contribution in [0.4, 0.5) is 5.69 Å². The molecule has 3 rings (SSSR count). The number of nitrogens with zero attached hydrogens (tertiary/aromatic N) is 1. The van der Waals surface area contributed by atoms with E-state index in [-0.39, 0.29) is 6.10 Å². The molecule has 1 N–H and O–H groups in total. The molecule has 0 saturated heterocycles. The maximum absolute atomic E-state index is 5.95. The van der Waals surface area contributed by atoms with Crippen molar-refractivity contribution in [2.24, 2.45) is 0 Å². The van der Waals surface area contributed by atoms with E-state index in [9.17, 15) is 0 Å². The highest BCUT2D eigenvalue weighted by molar-refractivity contribution is 7.80. The maximum atomic E-state index is 5.95. The Morgan fingerprint density at radius 2 is 1.82 bits per heavy atom. The number of hydrogen-bond acceptors (Lipinski definition) is 3. The van der Waals surface area contributed by atoms with Crippen molar-refractivity contribution in [1.82, 2.24) is 4.90 Å². The maximum Gasteiger partial charge on any atom is 0.173 e. The number of ether oxygens (including phenoxy) is 2. The van der Waals surface area contributed by atoms with Gasteiger partial charge in [0.25, 0.3) is 0 Å². The number of para-hydroxylation sites is 3. The standard InChI is InChI=1S/C17H18N2O2S/c1-19(17(22)18-13-7-3-2-4-8-13)11-14-12-20-15-9-5-6-10-16(15)21-14/h2-10,14H,11-12H2,1H3,(H,18,22)/t14-/m1/s1. The van der Waals surface area contributed by atoms with Crippen LogP contribution in [0.25, 0.3) is 0 Å². The Balaban J connectivity index is 1.56. The lowest BCUT2D eigenvalue weighted by Crippen LogP contribution is -2.43. The van der Waals surface area contributed by atoms with Gasteiger partial charge in [0.05, 0.1) is 6.54 Å². The number of anilines is 1. The molecule has 4 nitrogen and oxygen atoms in total. The van der Waals surface area contributed by atoms with E-state index in [1.165, 1.54) is 0 Å². The van der Waals surface area contributed by atoms with Gasteiger partial charge in [-0.25, -0.2) is 0 Å². The molecule has 0 amide bonds. The summed E-state index contributed by atoms with van der Waals surface area (Å²) in [6, 6.07) is 17.6. The molecule has 1 aliphatic rings. The molecule has 114 valence electrons. The molecule has 0 unspecified atom stereocenters. The Bertz CT molecular complexity index is 648. The van der Waals surface area contributed by atoms with E-state index in [4.69, 9.17) is 21.7 Å². The molecule has 1 heterocycles. The molecule has 0 aliphatic carbocycles. The smallest absolute Gasteiger partial charge is 0.173 e. The fourth-order valence-electron chi connectivity index (χ4n) is 2.28. The highest BCUT2D eigenvalue weighted by Crippen LogP contribution is 2.30. The summed E-state index contributed by atoms with van der Waals surface area (Å²) >= 11 is 5.42. The fourth-order valence-corrected chi connectivity index (χ4v) is 2.47. The molecule has 0 spiro atoms. The molecule has 0 bridgehead atoms. The topological polar surface area (TPSA) is 33.7 Å². The van der Waals surface area contributed by atoms with Crippen LogP contribution in [0.2, 0.25) is 0 Å². The number of rotatable bonds is 3. The summed E-state index contributed by atoms with van der Waals surface area (Å²) in [6.07, 6.45) is -0.0459. The van der Waals surface area contributed by atoms with Crippen LogP contribution in [-0.2, 0) is 0 Å². The van der Waals surface area contributed by atoms with E-state index in [0.717, 1.165) is 17.2 Å². The highest BCUT2D eigenvalue weighted by Gasteiger charge is 2.22. The lowest BCUT2D eigenvalue weighted by atomic mass is 10.2. The van der Waals surface area contributed by atoms with E-state index in [1.807, 2.05) is 66.5 Å². The first-order valence-corrected chi connectivity index (χ1v) is 7.59. The minimum Gasteiger partial charge on any atom is -0.486 e. The van der Waals surface area contributed by atoms with Crippen LogP contribution in [0.5, 0.6) is 11.5 Å². The fraction of sp³-hybridized carbons (Fsp3) is 0.235. The van der Waals surface area contributed by atoms with Gasteiger partial charge in [-0.3, -0.25) is 0 Å². The summed E-state index contributed by atoms with van der Waals surface area (Å²) in [5.74, 6) is 1.58. The van der Waals surface area contributed by atoms with Crippen LogP contribution in [0.3, 0.4) is 0 Å². The largest absolute Gasteiger partial charge is 0.486 e. The minimum atomic E-state index is -0.0459. The number of thiocarbonyl (C=S) groups is 1. The SMILES string of the molecule is CN(C[C@@H]1COc2ccccc2O1)C(=S)Nc1ccccc1. The molecule has 1 atom stereocenters. The van der Waals surface area contributed by atoms with Crippen molar-refractivity contribution in [3.8, 4) is 11.5 Å². The van der Waals surface area contributed by atoms with Crippen LogP contribution in [0, 0.1) is 0 Å². The zero-order chi connectivity index (χ0) is 15.4. The van der Waals surface area contributed by atoms with Gasteiger partial charge in [0.1, 0.15) is 6.61 Å². The number of nitrogens with one attached hydrogen (secondary N) is 1. The van der Waals surface area contributed by atoms with Crippen LogP contribution in [0.1, 0.15) is 0 Å². The van der Waals surface area contributed by atoms with E-state index < -0.39 is 0 Å². The average Bonchev–Trinajstić information content (AvgIpc) is 2.55. The number of benzene rings is 2. The Morgan fingerprint density at radius 1 is 1.14 bits per heavy atom. The Labute approximate surface area is 135 Å². The van der Waals surface area contributed by atoms with Gasteiger partial charge in [0, 0.05) is 12.7 Å².